The first-order valence-electron chi connectivity index (χ1n) is 10.1. The molecular formula is C25H18F6N2O2. The minimum absolute atomic E-state index is 0.208. The summed E-state index contributed by atoms with van der Waals surface area (Å²) >= 11 is 0. The molecule has 0 saturated carbocycles. The van der Waals surface area contributed by atoms with Gasteiger partial charge in [-0.2, -0.15) is 26.3 Å². The van der Waals surface area contributed by atoms with Crippen molar-refractivity contribution >= 4 is 17.2 Å². The highest BCUT2D eigenvalue weighted by Crippen LogP contribution is 2.33. The van der Waals surface area contributed by atoms with E-state index >= 15 is 0 Å². The molecule has 0 aliphatic heterocycles. The van der Waals surface area contributed by atoms with Crippen LogP contribution in [0.1, 0.15) is 22.3 Å². The Kier molecular flexibility index (Phi) is 7.63. The number of allylic oxidation sites excluding steroid dienone is 4. The molecule has 10 heteroatoms. The molecule has 0 heterocycles. The summed E-state index contributed by atoms with van der Waals surface area (Å²) in [6.45, 7) is 0. The fourth-order valence-electron chi connectivity index (χ4n) is 3.22. The number of benzene rings is 2. The van der Waals surface area contributed by atoms with Crippen LogP contribution in [0.2, 0.25) is 0 Å². The molecule has 2 N–H and O–H groups in total. The van der Waals surface area contributed by atoms with E-state index in [1.54, 1.807) is 18.2 Å². The Morgan fingerprint density at radius 2 is 1.37 bits per heavy atom. The quantitative estimate of drug-likeness (QED) is 0.173. The van der Waals surface area contributed by atoms with Crippen LogP contribution in [0.25, 0.3) is 5.57 Å². The molecule has 0 aromatic heterocycles. The fourth-order valence-corrected chi connectivity index (χ4v) is 3.22. The van der Waals surface area contributed by atoms with Crippen molar-refractivity contribution in [2.75, 3.05) is 0 Å². The number of oxime groups is 1. The van der Waals surface area contributed by atoms with Crippen molar-refractivity contribution in [2.24, 2.45) is 5.16 Å². The largest absolute Gasteiger partial charge is 0.416 e. The molecule has 2 aromatic rings. The number of carbonyl (C=O) groups excluding carboxylic acids is 1. The lowest BCUT2D eigenvalue weighted by Crippen LogP contribution is -2.38. The molecule has 1 aliphatic rings. The second-order valence-electron chi connectivity index (χ2n) is 7.34. The number of nitrogens with zero attached hydrogens (tertiary/aromatic N) is 1. The number of hydrogen-bond acceptors (Lipinski definition) is 3. The molecule has 182 valence electrons. The first kappa shape index (κ1) is 25.5. The molecule has 0 bridgehead atoms. The third-order valence-electron chi connectivity index (χ3n) is 4.97. The van der Waals surface area contributed by atoms with Crippen LogP contribution in [0, 0.1) is 0 Å². The summed E-state index contributed by atoms with van der Waals surface area (Å²) < 4.78 is 77.6. The van der Waals surface area contributed by atoms with E-state index in [2.05, 4.69) is 10.5 Å². The molecule has 0 fully saturated rings. The van der Waals surface area contributed by atoms with Gasteiger partial charge in [0.2, 0.25) is 5.91 Å². The third kappa shape index (κ3) is 6.72. The minimum Gasteiger partial charge on any atom is -0.411 e. The van der Waals surface area contributed by atoms with Crippen LogP contribution in [0.3, 0.4) is 0 Å². The number of nitrogens with one attached hydrogen (secondary N) is 1. The highest BCUT2D eigenvalue weighted by atomic mass is 19.4. The van der Waals surface area contributed by atoms with Gasteiger partial charge >= 0.3 is 12.4 Å². The van der Waals surface area contributed by atoms with Crippen molar-refractivity contribution in [3.05, 3.63) is 113 Å². The SMILES string of the molecule is O=C(C=CC=C(c1ccc(C(F)(F)F)cc1)c1ccc(C(F)(F)F)cc1)NC1C=CC=CC1=NO. The van der Waals surface area contributed by atoms with Gasteiger partial charge in [-0.3, -0.25) is 4.79 Å². The normalized spacial score (nSPS) is 17.1. The fraction of sp³-hybridized carbons (Fsp3) is 0.120. The highest BCUT2D eigenvalue weighted by Gasteiger charge is 2.31. The maximum absolute atomic E-state index is 12.9. The molecule has 0 spiro atoms. The van der Waals surface area contributed by atoms with Crippen LogP contribution < -0.4 is 5.32 Å². The van der Waals surface area contributed by atoms with Crippen LogP contribution in [0.5, 0.6) is 0 Å². The standard InChI is InChI=1S/C25H18F6N2O2/c26-24(27,28)18-12-8-16(9-13-18)20(17-10-14-19(15-11-17)25(29,30)31)4-3-7-23(34)32-21-5-1-2-6-22(21)33-35/h1-15,21,35H,(H,32,34). The number of alkyl halides is 6. The third-order valence-corrected chi connectivity index (χ3v) is 4.97. The number of rotatable bonds is 5. The second-order valence-corrected chi connectivity index (χ2v) is 7.34. The maximum atomic E-state index is 12.9. The Hall–Kier alpha value is -4.08. The van der Waals surface area contributed by atoms with Crippen molar-refractivity contribution in [3.8, 4) is 0 Å². The van der Waals surface area contributed by atoms with Gasteiger partial charge in [0, 0.05) is 6.08 Å². The van der Waals surface area contributed by atoms with Crippen molar-refractivity contribution in [1.82, 2.24) is 5.32 Å². The van der Waals surface area contributed by atoms with Crippen molar-refractivity contribution in [2.45, 2.75) is 18.4 Å². The molecule has 0 radical (unpaired) electrons. The molecule has 2 aromatic carbocycles. The van der Waals surface area contributed by atoms with Gasteiger partial charge in [-0.25, -0.2) is 0 Å². The smallest absolute Gasteiger partial charge is 0.411 e. The van der Waals surface area contributed by atoms with Gasteiger partial charge in [0.05, 0.1) is 17.2 Å². The molecule has 35 heavy (non-hydrogen) atoms. The molecule has 0 saturated heterocycles. The molecule has 1 aliphatic carbocycles. The lowest BCUT2D eigenvalue weighted by atomic mass is 9.95. The summed E-state index contributed by atoms with van der Waals surface area (Å²) in [6, 6.07) is 7.57. The van der Waals surface area contributed by atoms with Crippen LogP contribution in [-0.2, 0) is 17.1 Å². The van der Waals surface area contributed by atoms with Crippen LogP contribution in [-0.4, -0.2) is 22.9 Å². The monoisotopic (exact) mass is 492 g/mol. The predicted molar refractivity (Wildman–Crippen MR) is 119 cm³/mol. The van der Waals surface area contributed by atoms with E-state index in [1.807, 2.05) is 0 Å². The number of halogens is 6. The predicted octanol–water partition coefficient (Wildman–Crippen LogP) is 6.15. The van der Waals surface area contributed by atoms with Crippen molar-refractivity contribution in [3.63, 3.8) is 0 Å². The van der Waals surface area contributed by atoms with E-state index in [0.29, 0.717) is 16.7 Å². The topological polar surface area (TPSA) is 61.7 Å². The van der Waals surface area contributed by atoms with Crippen LogP contribution in [0.15, 0.2) is 96.2 Å². The van der Waals surface area contributed by atoms with Crippen molar-refractivity contribution < 1.29 is 36.3 Å². The van der Waals surface area contributed by atoms with E-state index in [9.17, 15) is 31.1 Å². The first-order chi connectivity index (χ1) is 16.5. The average molecular weight is 492 g/mol. The zero-order valence-corrected chi connectivity index (χ0v) is 17.8. The maximum Gasteiger partial charge on any atom is 0.416 e. The van der Waals surface area contributed by atoms with E-state index < -0.39 is 35.4 Å². The summed E-state index contributed by atoms with van der Waals surface area (Å²) in [5, 5.41) is 14.7. The summed E-state index contributed by atoms with van der Waals surface area (Å²) in [5.41, 5.74) is -0.636. The molecule has 1 unspecified atom stereocenters. The first-order valence-corrected chi connectivity index (χ1v) is 10.1. The van der Waals surface area contributed by atoms with Gasteiger partial charge in [-0.05, 0) is 47.0 Å². The Bertz CT molecular complexity index is 1140. The number of amides is 1. The summed E-state index contributed by atoms with van der Waals surface area (Å²) in [4.78, 5) is 12.3. The molecule has 1 amide bonds. The van der Waals surface area contributed by atoms with Gasteiger partial charge in [0.25, 0.3) is 0 Å². The lowest BCUT2D eigenvalue weighted by Gasteiger charge is -2.15. The van der Waals surface area contributed by atoms with Gasteiger partial charge in [0.15, 0.2) is 0 Å². The van der Waals surface area contributed by atoms with E-state index in [4.69, 9.17) is 5.21 Å². The van der Waals surface area contributed by atoms with Crippen molar-refractivity contribution in [1.29, 1.82) is 0 Å². The molecule has 4 nitrogen and oxygen atoms in total. The highest BCUT2D eigenvalue weighted by molar-refractivity contribution is 6.04. The molecule has 1 atom stereocenters. The zero-order chi connectivity index (χ0) is 25.6. The van der Waals surface area contributed by atoms with Crippen LogP contribution >= 0.6 is 0 Å². The zero-order valence-electron chi connectivity index (χ0n) is 17.8. The van der Waals surface area contributed by atoms with Gasteiger partial charge in [0.1, 0.15) is 5.71 Å². The lowest BCUT2D eigenvalue weighted by molar-refractivity contribution is -0.138. The molecule has 3 rings (SSSR count). The Labute approximate surface area is 196 Å². The average Bonchev–Trinajstić information content (AvgIpc) is 2.81. The Balaban J connectivity index is 1.89. The van der Waals surface area contributed by atoms with Gasteiger partial charge < -0.3 is 10.5 Å². The number of carbonyl (C=O) groups is 1. The Morgan fingerprint density at radius 1 is 0.857 bits per heavy atom. The summed E-state index contributed by atoms with van der Waals surface area (Å²) in [7, 11) is 0. The van der Waals surface area contributed by atoms with Gasteiger partial charge in [-0.1, -0.05) is 59.8 Å². The molecular weight excluding hydrogens is 474 g/mol. The van der Waals surface area contributed by atoms with E-state index in [0.717, 1.165) is 30.3 Å². The summed E-state index contributed by atoms with van der Waals surface area (Å²) in [6.07, 6.45) is 1.12. The summed E-state index contributed by atoms with van der Waals surface area (Å²) in [5.74, 6) is -0.563. The van der Waals surface area contributed by atoms with E-state index in [-0.39, 0.29) is 5.71 Å². The second kappa shape index (κ2) is 10.5. The Morgan fingerprint density at radius 3 is 1.83 bits per heavy atom. The van der Waals surface area contributed by atoms with E-state index in [1.165, 1.54) is 42.5 Å². The van der Waals surface area contributed by atoms with Gasteiger partial charge in [-0.15, -0.1) is 0 Å². The van der Waals surface area contributed by atoms with Crippen LogP contribution in [0.4, 0.5) is 26.3 Å². The minimum atomic E-state index is -4.55. The number of hydrogen-bond donors (Lipinski definition) is 2.